The summed E-state index contributed by atoms with van der Waals surface area (Å²) in [6.07, 6.45) is 3.76. The Kier molecular flexibility index (Phi) is 11.8. The van der Waals surface area contributed by atoms with E-state index >= 15 is 0 Å². The second kappa shape index (κ2) is 15.1. The van der Waals surface area contributed by atoms with Crippen molar-refractivity contribution in [3.63, 3.8) is 0 Å². The minimum absolute atomic E-state index is 0.365. The molecule has 0 amide bonds. The lowest BCUT2D eigenvalue weighted by Crippen LogP contribution is -2.09. The summed E-state index contributed by atoms with van der Waals surface area (Å²) in [6, 6.07) is 17.1. The van der Waals surface area contributed by atoms with Crippen LogP contribution in [0.25, 0.3) is 0 Å². The zero-order valence-electron chi connectivity index (χ0n) is 27.6. The van der Waals surface area contributed by atoms with Gasteiger partial charge in [-0.1, -0.05) is 97.9 Å². The van der Waals surface area contributed by atoms with Crippen LogP contribution < -0.4 is 4.74 Å². The third kappa shape index (κ3) is 8.27. The van der Waals surface area contributed by atoms with Crippen LogP contribution in [-0.2, 0) is 0 Å². The van der Waals surface area contributed by atoms with Gasteiger partial charge in [-0.05, 0) is 72.6 Å². The highest BCUT2D eigenvalue weighted by Gasteiger charge is 2.17. The fourth-order valence-corrected chi connectivity index (χ4v) is 5.11. The van der Waals surface area contributed by atoms with Gasteiger partial charge >= 0.3 is 0 Å². The largest absolute Gasteiger partial charge is 0.493 e. The molecule has 4 heteroatoms. The first kappa shape index (κ1) is 33.0. The number of hydrogen-bond acceptors (Lipinski definition) is 4. The molecule has 0 aliphatic heterocycles. The lowest BCUT2D eigenvalue weighted by Gasteiger charge is -2.18. The molecule has 0 radical (unpaired) electrons. The summed E-state index contributed by atoms with van der Waals surface area (Å²) in [5.74, 6) is 2.24. The second-order valence-corrected chi connectivity index (χ2v) is 12.4. The molecule has 0 saturated carbocycles. The van der Waals surface area contributed by atoms with Crippen LogP contribution in [0, 0.1) is 0 Å². The predicted molar refractivity (Wildman–Crippen MR) is 182 cm³/mol. The fraction of sp³-hybridized carbons (Fsp3) is 0.447. The summed E-state index contributed by atoms with van der Waals surface area (Å²) in [6.45, 7) is 26.3. The van der Waals surface area contributed by atoms with Crippen LogP contribution in [0.1, 0.15) is 139 Å². The van der Waals surface area contributed by atoms with Gasteiger partial charge in [0.05, 0.1) is 40.8 Å². The van der Waals surface area contributed by atoms with E-state index in [0.29, 0.717) is 30.3 Å². The van der Waals surface area contributed by atoms with Crippen molar-refractivity contribution in [3.05, 3.63) is 94.8 Å². The smallest absolute Gasteiger partial charge is 0.123 e. The van der Waals surface area contributed by atoms with Gasteiger partial charge in [-0.15, -0.1) is 6.58 Å². The van der Waals surface area contributed by atoms with E-state index in [-0.39, 0.29) is 0 Å². The van der Waals surface area contributed by atoms with Crippen molar-refractivity contribution in [2.75, 3.05) is 6.61 Å². The number of pyridine rings is 1. The zero-order valence-corrected chi connectivity index (χ0v) is 27.6. The van der Waals surface area contributed by atoms with Crippen molar-refractivity contribution < 1.29 is 4.74 Å². The van der Waals surface area contributed by atoms with Crippen LogP contribution in [0.15, 0.2) is 71.2 Å². The van der Waals surface area contributed by atoms with E-state index in [0.717, 1.165) is 52.8 Å². The normalized spacial score (nSPS) is 12.6. The number of aromatic nitrogens is 1. The van der Waals surface area contributed by atoms with Gasteiger partial charge in [0, 0.05) is 12.1 Å². The Hall–Kier alpha value is -3.53. The van der Waals surface area contributed by atoms with Crippen molar-refractivity contribution in [3.8, 4) is 5.75 Å². The molecule has 0 bridgehead atoms. The molecule has 42 heavy (non-hydrogen) atoms. The van der Waals surface area contributed by atoms with Gasteiger partial charge in [-0.25, -0.2) is 4.98 Å². The molecule has 3 rings (SSSR count). The number of benzene rings is 2. The Labute approximate surface area is 255 Å². The number of nitrogens with zero attached hydrogens (tertiary/aromatic N) is 3. The van der Waals surface area contributed by atoms with E-state index < -0.39 is 0 Å². The molecular weight excluding hydrogens is 514 g/mol. The van der Waals surface area contributed by atoms with E-state index in [2.05, 4.69) is 98.4 Å². The quantitative estimate of drug-likeness (QED) is 0.118. The van der Waals surface area contributed by atoms with Gasteiger partial charge in [0.15, 0.2) is 0 Å². The van der Waals surface area contributed by atoms with Crippen LogP contribution in [-0.4, -0.2) is 23.0 Å². The molecule has 0 aliphatic rings. The van der Waals surface area contributed by atoms with Gasteiger partial charge in [0.2, 0.25) is 0 Å². The maximum atomic E-state index is 6.24. The number of hydrogen-bond donors (Lipinski definition) is 0. The summed E-state index contributed by atoms with van der Waals surface area (Å²) >= 11 is 0. The van der Waals surface area contributed by atoms with E-state index in [4.69, 9.17) is 19.7 Å². The number of ether oxygens (including phenoxy) is 1. The highest BCUT2D eigenvalue weighted by molar-refractivity contribution is 6.03. The molecular formula is C38H51N3O. The van der Waals surface area contributed by atoms with Crippen molar-refractivity contribution >= 4 is 22.8 Å². The molecule has 0 spiro atoms. The molecule has 0 aliphatic carbocycles. The average Bonchev–Trinajstić information content (AvgIpc) is 2.94. The van der Waals surface area contributed by atoms with Crippen molar-refractivity contribution in [2.24, 2.45) is 9.98 Å². The molecule has 0 atom stereocenters. The zero-order chi connectivity index (χ0) is 31.0. The summed E-state index contributed by atoms with van der Waals surface area (Å²) in [7, 11) is 0. The van der Waals surface area contributed by atoms with Crippen LogP contribution in [0.5, 0.6) is 5.75 Å². The fourth-order valence-electron chi connectivity index (χ4n) is 5.11. The third-order valence-corrected chi connectivity index (χ3v) is 7.61. The lowest BCUT2D eigenvalue weighted by atomic mass is 9.93. The number of allylic oxidation sites excluding steroid dienone is 1. The third-order valence-electron chi connectivity index (χ3n) is 7.61. The summed E-state index contributed by atoms with van der Waals surface area (Å²) in [4.78, 5) is 15.6. The maximum absolute atomic E-state index is 6.24. The first-order valence-electron chi connectivity index (χ1n) is 15.6. The molecule has 224 valence electrons. The highest BCUT2D eigenvalue weighted by atomic mass is 16.5. The van der Waals surface area contributed by atoms with E-state index in [1.165, 1.54) is 22.3 Å². The molecule has 0 saturated heterocycles. The minimum Gasteiger partial charge on any atom is -0.493 e. The first-order chi connectivity index (χ1) is 19.9. The molecule has 0 unspecified atom stereocenters. The lowest BCUT2D eigenvalue weighted by molar-refractivity contribution is 0.311. The maximum Gasteiger partial charge on any atom is 0.123 e. The minimum atomic E-state index is 0.365. The van der Waals surface area contributed by atoms with Crippen LogP contribution in [0.4, 0.5) is 11.4 Å². The molecule has 1 heterocycles. The number of unbranched alkanes of at least 4 members (excludes halogenated alkanes) is 1. The molecule has 0 N–H and O–H groups in total. The molecule has 3 aromatic rings. The number of aliphatic imine (C=N–C) groups is 2. The van der Waals surface area contributed by atoms with E-state index in [1.807, 2.05) is 32.1 Å². The highest BCUT2D eigenvalue weighted by Crippen LogP contribution is 2.37. The van der Waals surface area contributed by atoms with Gasteiger partial charge in [0.25, 0.3) is 0 Å². The Morgan fingerprint density at radius 3 is 1.43 bits per heavy atom. The number of rotatable bonds is 13. The van der Waals surface area contributed by atoms with Crippen LogP contribution >= 0.6 is 0 Å². The Morgan fingerprint density at radius 2 is 1.10 bits per heavy atom. The van der Waals surface area contributed by atoms with Gasteiger partial charge in [0.1, 0.15) is 5.75 Å². The Morgan fingerprint density at radius 1 is 0.714 bits per heavy atom. The van der Waals surface area contributed by atoms with Crippen molar-refractivity contribution in [2.45, 2.75) is 106 Å². The molecule has 1 aromatic heterocycles. The standard InChI is InChI=1S/C38H51N3O/c1-12-13-14-21-42-30-22-35(28(10)39-37-31(24(2)3)17-15-18-32(37)25(4)5)41-36(23-30)29(11)40-38-33(26(6)7)19-16-20-34(38)27(8)9/h12,15-20,22-27H,1,13-14,21H2,2-11H3. The van der Waals surface area contributed by atoms with Gasteiger partial charge < -0.3 is 4.74 Å². The first-order valence-corrected chi connectivity index (χ1v) is 15.6. The van der Waals surface area contributed by atoms with Crippen molar-refractivity contribution in [1.29, 1.82) is 0 Å². The summed E-state index contributed by atoms with van der Waals surface area (Å²) in [5.41, 5.74) is 10.4. The second-order valence-electron chi connectivity index (χ2n) is 12.4. The average molecular weight is 566 g/mol. The Bertz CT molecular complexity index is 1280. The summed E-state index contributed by atoms with van der Waals surface area (Å²) < 4.78 is 6.24. The van der Waals surface area contributed by atoms with Crippen molar-refractivity contribution in [1.82, 2.24) is 4.98 Å². The topological polar surface area (TPSA) is 46.8 Å². The van der Waals surface area contributed by atoms with Gasteiger partial charge in [-0.2, -0.15) is 0 Å². The Balaban J connectivity index is 2.19. The molecule has 2 aromatic carbocycles. The van der Waals surface area contributed by atoms with Gasteiger partial charge in [-0.3, -0.25) is 9.98 Å². The van der Waals surface area contributed by atoms with E-state index in [1.54, 1.807) is 0 Å². The molecule has 4 nitrogen and oxygen atoms in total. The number of para-hydroxylation sites is 2. The van der Waals surface area contributed by atoms with Crippen LogP contribution in [0.2, 0.25) is 0 Å². The van der Waals surface area contributed by atoms with E-state index in [9.17, 15) is 0 Å². The SMILES string of the molecule is C=CCCCOc1cc(C(C)=Nc2c(C(C)C)cccc2C(C)C)nc(C(C)=Nc2c(C(C)C)cccc2C(C)C)c1. The van der Waals surface area contributed by atoms with Crippen LogP contribution in [0.3, 0.4) is 0 Å². The monoisotopic (exact) mass is 565 g/mol. The predicted octanol–water partition coefficient (Wildman–Crippen LogP) is 11.2. The summed E-state index contributed by atoms with van der Waals surface area (Å²) in [5, 5.41) is 0. The molecule has 0 fully saturated rings.